The Morgan fingerprint density at radius 1 is 1.32 bits per heavy atom. The number of nitrogens with one attached hydrogen (secondary N) is 1. The molecule has 2 aromatic carbocycles. The first-order chi connectivity index (χ1) is 11.9. The van der Waals surface area contributed by atoms with Gasteiger partial charge in [-0.3, -0.25) is 9.69 Å². The topological polar surface area (TPSA) is 65.4 Å². The van der Waals surface area contributed by atoms with E-state index in [0.717, 1.165) is 11.3 Å². The zero-order valence-corrected chi connectivity index (χ0v) is 15.2. The molecule has 1 N–H and O–H groups in total. The highest BCUT2D eigenvalue weighted by Crippen LogP contribution is 2.22. The largest absolute Gasteiger partial charge is 0.497 e. The molecule has 0 spiro atoms. The number of nitriles is 1. The van der Waals surface area contributed by atoms with Gasteiger partial charge in [0, 0.05) is 11.7 Å². The van der Waals surface area contributed by atoms with Crippen molar-refractivity contribution < 1.29 is 9.53 Å². The van der Waals surface area contributed by atoms with Crippen LogP contribution in [0.4, 0.5) is 5.69 Å². The normalized spacial score (nSPS) is 11.7. The third kappa shape index (κ3) is 4.96. The Morgan fingerprint density at radius 2 is 2.00 bits per heavy atom. The zero-order chi connectivity index (χ0) is 18.4. The third-order valence-electron chi connectivity index (χ3n) is 4.03. The summed E-state index contributed by atoms with van der Waals surface area (Å²) in [6.45, 7) is 2.26. The molecule has 0 aromatic heterocycles. The van der Waals surface area contributed by atoms with E-state index < -0.39 is 0 Å². The SMILES string of the molecule is COc1ccc(C(C)N(C)CC(=O)Nc2ccc(C#N)c(Cl)c2)cc1. The van der Waals surface area contributed by atoms with Gasteiger partial charge < -0.3 is 10.1 Å². The Labute approximate surface area is 152 Å². The van der Waals surface area contributed by atoms with E-state index in [-0.39, 0.29) is 18.5 Å². The van der Waals surface area contributed by atoms with Crippen molar-refractivity contribution >= 4 is 23.2 Å². The number of benzene rings is 2. The molecule has 1 unspecified atom stereocenters. The standard InChI is InChI=1S/C19H20ClN3O2/c1-13(14-5-8-17(25-3)9-6-14)23(2)12-19(24)22-16-7-4-15(11-21)18(20)10-16/h4-10,13H,12H2,1-3H3,(H,22,24). The predicted octanol–water partition coefficient (Wildman–Crippen LogP) is 3.85. The summed E-state index contributed by atoms with van der Waals surface area (Å²) in [5.74, 6) is 0.651. The first-order valence-corrected chi connectivity index (χ1v) is 8.16. The highest BCUT2D eigenvalue weighted by molar-refractivity contribution is 6.32. The second kappa shape index (κ2) is 8.52. The van der Waals surface area contributed by atoms with Crippen LogP contribution < -0.4 is 10.1 Å². The maximum atomic E-state index is 12.2. The first kappa shape index (κ1) is 18.8. The molecule has 1 amide bonds. The number of hydrogen-bond acceptors (Lipinski definition) is 4. The van der Waals surface area contributed by atoms with E-state index in [4.69, 9.17) is 21.6 Å². The number of hydrogen-bond donors (Lipinski definition) is 1. The van der Waals surface area contributed by atoms with Gasteiger partial charge >= 0.3 is 0 Å². The van der Waals surface area contributed by atoms with Crippen molar-refractivity contribution in [2.24, 2.45) is 0 Å². The molecule has 0 saturated heterocycles. The molecular formula is C19H20ClN3O2. The summed E-state index contributed by atoms with van der Waals surface area (Å²) >= 11 is 5.98. The average molecular weight is 358 g/mol. The first-order valence-electron chi connectivity index (χ1n) is 7.78. The molecule has 0 heterocycles. The molecule has 6 heteroatoms. The molecule has 0 saturated carbocycles. The molecule has 0 radical (unpaired) electrons. The Hall–Kier alpha value is -2.55. The van der Waals surface area contributed by atoms with Crippen molar-refractivity contribution in [3.05, 3.63) is 58.6 Å². The van der Waals surface area contributed by atoms with Crippen LogP contribution in [0.5, 0.6) is 5.75 Å². The van der Waals surface area contributed by atoms with Gasteiger partial charge in [0.25, 0.3) is 0 Å². The number of anilines is 1. The summed E-state index contributed by atoms with van der Waals surface area (Å²) in [6.07, 6.45) is 0. The van der Waals surface area contributed by atoms with Crippen LogP contribution in [0, 0.1) is 11.3 Å². The molecule has 0 aliphatic heterocycles. The molecule has 0 bridgehead atoms. The van der Waals surface area contributed by atoms with Crippen molar-refractivity contribution in [2.75, 3.05) is 26.0 Å². The van der Waals surface area contributed by atoms with Crippen LogP contribution in [0.1, 0.15) is 24.1 Å². The summed E-state index contributed by atoms with van der Waals surface area (Å²) in [5, 5.41) is 12.0. The van der Waals surface area contributed by atoms with Crippen LogP contribution in [0.2, 0.25) is 5.02 Å². The fourth-order valence-electron chi connectivity index (χ4n) is 2.38. The smallest absolute Gasteiger partial charge is 0.238 e. The highest BCUT2D eigenvalue weighted by atomic mass is 35.5. The van der Waals surface area contributed by atoms with E-state index in [1.165, 1.54) is 0 Å². The molecule has 0 aliphatic carbocycles. The van der Waals surface area contributed by atoms with Crippen molar-refractivity contribution in [1.82, 2.24) is 4.90 Å². The van der Waals surface area contributed by atoms with Crippen molar-refractivity contribution in [3.63, 3.8) is 0 Å². The van der Waals surface area contributed by atoms with E-state index >= 15 is 0 Å². The van der Waals surface area contributed by atoms with Crippen LogP contribution in [-0.4, -0.2) is 31.5 Å². The van der Waals surface area contributed by atoms with Crippen LogP contribution in [-0.2, 0) is 4.79 Å². The Kier molecular flexibility index (Phi) is 6.40. The predicted molar refractivity (Wildman–Crippen MR) is 98.8 cm³/mol. The molecule has 0 aliphatic rings. The van der Waals surface area contributed by atoms with Gasteiger partial charge in [-0.15, -0.1) is 0 Å². The molecule has 25 heavy (non-hydrogen) atoms. The van der Waals surface area contributed by atoms with Gasteiger partial charge in [-0.05, 0) is 49.9 Å². The van der Waals surface area contributed by atoms with E-state index in [1.54, 1.807) is 25.3 Å². The summed E-state index contributed by atoms with van der Waals surface area (Å²) in [7, 11) is 3.52. The van der Waals surface area contributed by atoms with Gasteiger partial charge in [0.15, 0.2) is 0 Å². The Balaban J connectivity index is 1.96. The quantitative estimate of drug-likeness (QED) is 0.852. The lowest BCUT2D eigenvalue weighted by Gasteiger charge is -2.24. The van der Waals surface area contributed by atoms with Crippen LogP contribution in [0.3, 0.4) is 0 Å². The van der Waals surface area contributed by atoms with Crippen LogP contribution in [0.25, 0.3) is 0 Å². The van der Waals surface area contributed by atoms with Crippen molar-refractivity contribution in [3.8, 4) is 11.8 Å². The van der Waals surface area contributed by atoms with E-state index in [2.05, 4.69) is 5.32 Å². The van der Waals surface area contributed by atoms with Crippen LogP contribution >= 0.6 is 11.6 Å². The highest BCUT2D eigenvalue weighted by Gasteiger charge is 2.15. The lowest BCUT2D eigenvalue weighted by atomic mass is 10.1. The summed E-state index contributed by atoms with van der Waals surface area (Å²) in [4.78, 5) is 14.2. The fourth-order valence-corrected chi connectivity index (χ4v) is 2.61. The number of ether oxygens (including phenoxy) is 1. The maximum Gasteiger partial charge on any atom is 0.238 e. The number of halogens is 1. The number of carbonyl (C=O) groups excluding carboxylic acids is 1. The maximum absolute atomic E-state index is 12.2. The number of amides is 1. The summed E-state index contributed by atoms with van der Waals surface area (Å²) in [6, 6.07) is 14.7. The van der Waals surface area contributed by atoms with E-state index in [0.29, 0.717) is 16.3 Å². The lowest BCUT2D eigenvalue weighted by Crippen LogP contribution is -2.32. The summed E-state index contributed by atoms with van der Waals surface area (Å²) < 4.78 is 5.16. The zero-order valence-electron chi connectivity index (χ0n) is 14.4. The second-order valence-electron chi connectivity index (χ2n) is 5.72. The van der Waals surface area contributed by atoms with Gasteiger partial charge in [0.1, 0.15) is 11.8 Å². The van der Waals surface area contributed by atoms with Gasteiger partial charge in [0.05, 0.1) is 24.2 Å². The molecule has 5 nitrogen and oxygen atoms in total. The number of nitrogens with zero attached hydrogens (tertiary/aromatic N) is 2. The number of carbonyl (C=O) groups is 1. The van der Waals surface area contributed by atoms with Gasteiger partial charge in [-0.25, -0.2) is 0 Å². The van der Waals surface area contributed by atoms with Crippen LogP contribution in [0.15, 0.2) is 42.5 Å². The molecule has 2 rings (SSSR count). The fraction of sp³-hybridized carbons (Fsp3) is 0.263. The monoisotopic (exact) mass is 357 g/mol. The minimum atomic E-state index is -0.149. The van der Waals surface area contributed by atoms with Crippen molar-refractivity contribution in [1.29, 1.82) is 5.26 Å². The minimum absolute atomic E-state index is 0.0706. The molecule has 2 aromatic rings. The Morgan fingerprint density at radius 3 is 2.56 bits per heavy atom. The molecule has 0 fully saturated rings. The summed E-state index contributed by atoms with van der Waals surface area (Å²) in [5.41, 5.74) is 2.04. The Bertz CT molecular complexity index is 784. The third-order valence-corrected chi connectivity index (χ3v) is 4.34. The number of likely N-dealkylation sites (N-methyl/N-ethyl adjacent to an activating group) is 1. The minimum Gasteiger partial charge on any atom is -0.497 e. The number of methoxy groups -OCH3 is 1. The molecule has 1 atom stereocenters. The van der Waals surface area contributed by atoms with Crippen molar-refractivity contribution in [2.45, 2.75) is 13.0 Å². The average Bonchev–Trinajstić information content (AvgIpc) is 2.61. The molecular weight excluding hydrogens is 338 g/mol. The van der Waals surface area contributed by atoms with Gasteiger partial charge in [-0.2, -0.15) is 5.26 Å². The lowest BCUT2D eigenvalue weighted by molar-refractivity contribution is -0.117. The second-order valence-corrected chi connectivity index (χ2v) is 6.13. The molecule has 130 valence electrons. The number of rotatable bonds is 6. The van der Waals surface area contributed by atoms with E-state index in [9.17, 15) is 4.79 Å². The van der Waals surface area contributed by atoms with Gasteiger partial charge in [-0.1, -0.05) is 23.7 Å². The van der Waals surface area contributed by atoms with Gasteiger partial charge in [0.2, 0.25) is 5.91 Å². The van der Waals surface area contributed by atoms with E-state index in [1.807, 2.05) is 49.2 Å².